The van der Waals surface area contributed by atoms with Gasteiger partial charge in [-0.3, -0.25) is 4.98 Å². The first-order valence-electron chi connectivity index (χ1n) is 8.66. The third-order valence-corrected chi connectivity index (χ3v) is 4.47. The second kappa shape index (κ2) is 7.84. The second-order valence-corrected chi connectivity index (χ2v) is 6.25. The molecule has 3 nitrogen and oxygen atoms in total. The van der Waals surface area contributed by atoms with Crippen LogP contribution in [-0.2, 0) is 0 Å². The Kier molecular flexibility index (Phi) is 5.34. The van der Waals surface area contributed by atoms with Gasteiger partial charge in [-0.05, 0) is 49.5 Å². The van der Waals surface area contributed by atoms with E-state index in [-0.39, 0.29) is 0 Å². The van der Waals surface area contributed by atoms with Gasteiger partial charge in [-0.2, -0.15) is 0 Å². The topological polar surface area (TPSA) is 38.7 Å². The zero-order valence-electron chi connectivity index (χ0n) is 15.0. The molecule has 1 aliphatic rings. The molecule has 25 heavy (non-hydrogen) atoms. The fourth-order valence-corrected chi connectivity index (χ4v) is 2.90. The molecular weight excluding hydrogens is 306 g/mol. The highest BCUT2D eigenvalue weighted by molar-refractivity contribution is 5.80. The molecule has 126 valence electrons. The fraction of sp³-hybridized carbons (Fsp3) is 0.227. The molecule has 1 atom stereocenters. The van der Waals surface area contributed by atoms with Crippen molar-refractivity contribution in [2.75, 3.05) is 0 Å². The summed E-state index contributed by atoms with van der Waals surface area (Å²) in [4.78, 5) is 12.5. The predicted molar refractivity (Wildman–Crippen MR) is 104 cm³/mol. The summed E-state index contributed by atoms with van der Waals surface area (Å²) in [5, 5.41) is 3.52. The Morgan fingerprint density at radius 2 is 1.92 bits per heavy atom. The van der Waals surface area contributed by atoms with Crippen LogP contribution in [0.2, 0.25) is 0 Å². The van der Waals surface area contributed by atoms with E-state index >= 15 is 0 Å². The van der Waals surface area contributed by atoms with E-state index < -0.39 is 0 Å². The summed E-state index contributed by atoms with van der Waals surface area (Å²) in [7, 11) is 0. The summed E-state index contributed by atoms with van der Waals surface area (Å²) >= 11 is 0. The number of allylic oxidation sites excluding steroid dienone is 2. The molecule has 0 saturated carbocycles. The number of hydrogen-bond acceptors (Lipinski definition) is 3. The summed E-state index contributed by atoms with van der Waals surface area (Å²) in [5.41, 5.74) is 3.54. The molecule has 0 N–H and O–H groups in total. The van der Waals surface area contributed by atoms with Crippen molar-refractivity contribution in [3.8, 4) is 0 Å². The number of fused-ring (bicyclic) bond motifs is 2. The van der Waals surface area contributed by atoms with Gasteiger partial charge in [0.25, 0.3) is 0 Å². The van der Waals surface area contributed by atoms with Gasteiger partial charge in [0, 0.05) is 23.0 Å². The molecule has 4 rings (SSSR count). The zero-order valence-corrected chi connectivity index (χ0v) is 15.0. The largest absolute Gasteiger partial charge is 0.257 e. The standard InChI is InChI=1S/C13H15N.C9H8N2/c1-3-11-7-6-10(2)12-5-4-8-14-13(12)9-11;1-7-3-2-4-9-8(7)5-10-6-11-9/h4-9,11H,3H2,1-2H3;2-6H,1H3. The van der Waals surface area contributed by atoms with Crippen LogP contribution in [0.5, 0.6) is 0 Å². The van der Waals surface area contributed by atoms with Crippen molar-refractivity contribution in [2.24, 2.45) is 5.92 Å². The van der Waals surface area contributed by atoms with Gasteiger partial charge < -0.3 is 0 Å². The highest BCUT2D eigenvalue weighted by atomic mass is 14.8. The van der Waals surface area contributed by atoms with Gasteiger partial charge >= 0.3 is 0 Å². The third-order valence-electron chi connectivity index (χ3n) is 4.47. The molecule has 3 aromatic rings. The molecule has 1 aliphatic carbocycles. The molecule has 0 radical (unpaired) electrons. The van der Waals surface area contributed by atoms with Gasteiger partial charge in [0.1, 0.15) is 6.33 Å². The smallest absolute Gasteiger partial charge is 0.116 e. The normalized spacial score (nSPS) is 15.6. The van der Waals surface area contributed by atoms with Gasteiger partial charge in [-0.1, -0.05) is 43.4 Å². The number of hydrogen-bond donors (Lipinski definition) is 0. The minimum Gasteiger partial charge on any atom is -0.257 e. The molecule has 2 aromatic heterocycles. The number of aryl methyl sites for hydroxylation is 1. The van der Waals surface area contributed by atoms with Crippen LogP contribution in [0, 0.1) is 12.8 Å². The van der Waals surface area contributed by atoms with E-state index in [1.165, 1.54) is 16.4 Å². The monoisotopic (exact) mass is 329 g/mol. The molecule has 0 amide bonds. The lowest BCUT2D eigenvalue weighted by molar-refractivity contribution is 0.810. The first-order chi connectivity index (χ1) is 12.2. The summed E-state index contributed by atoms with van der Waals surface area (Å²) in [5.74, 6) is 0.529. The van der Waals surface area contributed by atoms with Gasteiger partial charge in [0.15, 0.2) is 0 Å². The number of rotatable bonds is 1. The van der Waals surface area contributed by atoms with Crippen molar-refractivity contribution in [3.05, 3.63) is 77.3 Å². The Morgan fingerprint density at radius 1 is 1.04 bits per heavy atom. The fourth-order valence-electron chi connectivity index (χ4n) is 2.90. The number of nitrogens with zero attached hydrogens (tertiary/aromatic N) is 3. The minimum absolute atomic E-state index is 0.529. The van der Waals surface area contributed by atoms with Crippen LogP contribution in [0.15, 0.2) is 61.2 Å². The van der Waals surface area contributed by atoms with Gasteiger partial charge in [0.2, 0.25) is 0 Å². The Bertz CT molecular complexity index is 1010. The third kappa shape index (κ3) is 4.00. The van der Waals surface area contributed by atoms with Crippen LogP contribution in [0.3, 0.4) is 0 Å². The quantitative estimate of drug-likeness (QED) is 0.685. The molecule has 0 saturated heterocycles. The van der Waals surface area contributed by atoms with Crippen molar-refractivity contribution < 1.29 is 0 Å². The molecule has 0 fully saturated rings. The van der Waals surface area contributed by atoms with E-state index in [4.69, 9.17) is 0 Å². The SMILES string of the molecule is CCC1C=CC(C)=c2cccnc2=C1.Cc1cccc2ncncc12. The first-order valence-corrected chi connectivity index (χ1v) is 8.66. The van der Waals surface area contributed by atoms with Crippen molar-refractivity contribution in [2.45, 2.75) is 27.2 Å². The zero-order chi connectivity index (χ0) is 17.6. The lowest BCUT2D eigenvalue weighted by Crippen LogP contribution is -2.28. The van der Waals surface area contributed by atoms with Crippen LogP contribution in [0.4, 0.5) is 0 Å². The van der Waals surface area contributed by atoms with Crippen LogP contribution in [0.25, 0.3) is 22.6 Å². The van der Waals surface area contributed by atoms with Crippen LogP contribution >= 0.6 is 0 Å². The molecular formula is C22H23N3. The molecule has 0 aliphatic heterocycles. The summed E-state index contributed by atoms with van der Waals surface area (Å²) in [6, 6.07) is 10.2. The first kappa shape index (κ1) is 17.0. The Morgan fingerprint density at radius 3 is 2.72 bits per heavy atom. The van der Waals surface area contributed by atoms with E-state index in [9.17, 15) is 0 Å². The molecule has 1 unspecified atom stereocenters. The van der Waals surface area contributed by atoms with Gasteiger partial charge in [-0.25, -0.2) is 9.97 Å². The van der Waals surface area contributed by atoms with Gasteiger partial charge in [0.05, 0.1) is 10.9 Å². The highest BCUT2D eigenvalue weighted by Crippen LogP contribution is 2.13. The molecule has 0 spiro atoms. The van der Waals surface area contributed by atoms with Crippen molar-refractivity contribution in [3.63, 3.8) is 0 Å². The second-order valence-electron chi connectivity index (χ2n) is 6.25. The Balaban J connectivity index is 0.000000150. The highest BCUT2D eigenvalue weighted by Gasteiger charge is 2.02. The van der Waals surface area contributed by atoms with E-state index in [2.05, 4.69) is 66.1 Å². The van der Waals surface area contributed by atoms with E-state index in [0.29, 0.717) is 5.92 Å². The van der Waals surface area contributed by atoms with Crippen molar-refractivity contribution >= 4 is 22.6 Å². The molecule has 0 bridgehead atoms. The molecule has 1 aromatic carbocycles. The maximum absolute atomic E-state index is 4.41. The number of pyridine rings is 1. The summed E-state index contributed by atoms with van der Waals surface area (Å²) in [6.07, 6.45) is 13.1. The van der Waals surface area contributed by atoms with E-state index in [1.807, 2.05) is 30.6 Å². The molecule has 3 heteroatoms. The van der Waals surface area contributed by atoms with Crippen LogP contribution in [0.1, 0.15) is 25.8 Å². The van der Waals surface area contributed by atoms with Crippen LogP contribution < -0.4 is 10.6 Å². The van der Waals surface area contributed by atoms with Crippen molar-refractivity contribution in [1.82, 2.24) is 15.0 Å². The summed E-state index contributed by atoms with van der Waals surface area (Å²) < 4.78 is 0. The number of benzene rings is 1. The lowest BCUT2D eigenvalue weighted by Gasteiger charge is -1.99. The van der Waals surface area contributed by atoms with Crippen molar-refractivity contribution in [1.29, 1.82) is 0 Å². The maximum Gasteiger partial charge on any atom is 0.116 e. The predicted octanol–water partition coefficient (Wildman–Crippen LogP) is 3.57. The number of aromatic nitrogens is 3. The van der Waals surface area contributed by atoms with Gasteiger partial charge in [-0.15, -0.1) is 0 Å². The minimum atomic E-state index is 0.529. The average molecular weight is 329 g/mol. The summed E-state index contributed by atoms with van der Waals surface area (Å²) in [6.45, 7) is 6.41. The van der Waals surface area contributed by atoms with E-state index in [1.54, 1.807) is 6.33 Å². The Labute approximate surface area is 148 Å². The average Bonchev–Trinajstić information content (AvgIpc) is 2.82. The maximum atomic E-state index is 4.41. The molecule has 2 heterocycles. The van der Waals surface area contributed by atoms with E-state index in [0.717, 1.165) is 22.7 Å². The lowest BCUT2D eigenvalue weighted by atomic mass is 10.1. The Hall–Kier alpha value is -2.81. The van der Waals surface area contributed by atoms with Crippen LogP contribution in [-0.4, -0.2) is 15.0 Å².